The van der Waals surface area contributed by atoms with Gasteiger partial charge in [0.05, 0.1) is 0 Å². The van der Waals surface area contributed by atoms with Crippen LogP contribution in [0.2, 0.25) is 0 Å². The zero-order valence-corrected chi connectivity index (χ0v) is 7.23. The van der Waals surface area contributed by atoms with E-state index in [1.54, 1.807) is 25.1 Å². The number of nitrogens with two attached hydrogens (primary N) is 1. The van der Waals surface area contributed by atoms with Gasteiger partial charge in [-0.05, 0) is 24.6 Å². The molecule has 13 heavy (non-hydrogen) atoms. The molecule has 1 rings (SSSR count). The Morgan fingerprint density at radius 3 is 2.85 bits per heavy atom. The summed E-state index contributed by atoms with van der Waals surface area (Å²) in [5.41, 5.74) is 5.55. The summed E-state index contributed by atoms with van der Waals surface area (Å²) in [5, 5.41) is 9.12. The van der Waals surface area contributed by atoms with Crippen LogP contribution in [0.1, 0.15) is 18.6 Å². The highest BCUT2D eigenvalue weighted by molar-refractivity contribution is 5.65. The Kier molecular flexibility index (Phi) is 2.74. The van der Waals surface area contributed by atoms with Gasteiger partial charge >= 0.3 is 6.09 Å². The smallest absolute Gasteiger partial charge is 0.405 e. The molecule has 0 spiro atoms. The van der Waals surface area contributed by atoms with Crippen molar-refractivity contribution in [2.75, 3.05) is 0 Å². The van der Waals surface area contributed by atoms with Crippen LogP contribution in [0.3, 0.4) is 0 Å². The van der Waals surface area contributed by atoms with Crippen molar-refractivity contribution in [3.63, 3.8) is 0 Å². The summed E-state index contributed by atoms with van der Waals surface area (Å²) < 4.78 is 4.72. The highest BCUT2D eigenvalue weighted by atomic mass is 16.6. The minimum Gasteiger partial charge on any atom is -0.508 e. The Morgan fingerprint density at radius 1 is 1.62 bits per heavy atom. The fraction of sp³-hybridized carbons (Fsp3) is 0.222. The van der Waals surface area contributed by atoms with Gasteiger partial charge in [0.25, 0.3) is 0 Å². The summed E-state index contributed by atoms with van der Waals surface area (Å²) in [6, 6.07) is 6.48. The normalized spacial score (nSPS) is 12.1. The fourth-order valence-corrected chi connectivity index (χ4v) is 1.02. The number of hydrogen-bond donors (Lipinski definition) is 2. The summed E-state index contributed by atoms with van der Waals surface area (Å²) >= 11 is 0. The van der Waals surface area contributed by atoms with Crippen molar-refractivity contribution < 1.29 is 14.6 Å². The van der Waals surface area contributed by atoms with Crippen molar-refractivity contribution in [1.82, 2.24) is 0 Å². The van der Waals surface area contributed by atoms with Crippen molar-refractivity contribution in [1.29, 1.82) is 0 Å². The Balaban J connectivity index is 2.76. The van der Waals surface area contributed by atoms with Crippen LogP contribution in [-0.4, -0.2) is 11.2 Å². The van der Waals surface area contributed by atoms with Gasteiger partial charge in [0.1, 0.15) is 11.9 Å². The molecule has 1 aromatic rings. The lowest BCUT2D eigenvalue weighted by atomic mass is 10.1. The Morgan fingerprint density at radius 2 is 2.31 bits per heavy atom. The third-order valence-electron chi connectivity index (χ3n) is 1.63. The molecule has 3 N–H and O–H groups in total. The van der Waals surface area contributed by atoms with Gasteiger partial charge in [-0.3, -0.25) is 0 Å². The van der Waals surface area contributed by atoms with E-state index in [1.165, 1.54) is 6.07 Å². The Hall–Kier alpha value is -1.71. The van der Waals surface area contributed by atoms with Crippen LogP contribution in [0.15, 0.2) is 24.3 Å². The average molecular weight is 181 g/mol. The molecule has 1 amide bonds. The van der Waals surface area contributed by atoms with Gasteiger partial charge in [0.15, 0.2) is 0 Å². The first-order chi connectivity index (χ1) is 6.09. The predicted octanol–water partition coefficient (Wildman–Crippen LogP) is 1.55. The van der Waals surface area contributed by atoms with Gasteiger partial charge in [-0.1, -0.05) is 12.1 Å². The topological polar surface area (TPSA) is 72.5 Å². The second-order valence-corrected chi connectivity index (χ2v) is 2.67. The number of carbonyl (C=O) groups excluding carboxylic acids is 1. The first-order valence-electron chi connectivity index (χ1n) is 3.84. The van der Waals surface area contributed by atoms with Crippen molar-refractivity contribution in [2.45, 2.75) is 13.0 Å². The summed E-state index contributed by atoms with van der Waals surface area (Å²) in [6.07, 6.45) is -1.26. The van der Waals surface area contributed by atoms with E-state index in [0.717, 1.165) is 0 Å². The Labute approximate surface area is 75.9 Å². The van der Waals surface area contributed by atoms with Crippen molar-refractivity contribution in [3.05, 3.63) is 29.8 Å². The molecule has 0 aromatic heterocycles. The molecule has 4 nitrogen and oxygen atoms in total. The SMILES string of the molecule is CC(OC(N)=O)c1cccc(O)c1. The van der Waals surface area contributed by atoms with Crippen LogP contribution in [-0.2, 0) is 4.74 Å². The highest BCUT2D eigenvalue weighted by Gasteiger charge is 2.08. The van der Waals surface area contributed by atoms with E-state index >= 15 is 0 Å². The van der Waals surface area contributed by atoms with Gasteiger partial charge in [-0.15, -0.1) is 0 Å². The van der Waals surface area contributed by atoms with Crippen LogP contribution < -0.4 is 5.73 Å². The van der Waals surface area contributed by atoms with E-state index in [4.69, 9.17) is 15.6 Å². The zero-order chi connectivity index (χ0) is 9.84. The molecular formula is C9H11NO3. The molecular weight excluding hydrogens is 170 g/mol. The molecule has 0 saturated carbocycles. The van der Waals surface area contributed by atoms with Gasteiger partial charge in [-0.25, -0.2) is 4.79 Å². The van der Waals surface area contributed by atoms with Crippen LogP contribution in [0, 0.1) is 0 Å². The number of primary amides is 1. The number of ether oxygens (including phenoxy) is 1. The maximum absolute atomic E-state index is 10.4. The van der Waals surface area contributed by atoms with Crippen molar-refractivity contribution in [3.8, 4) is 5.75 Å². The van der Waals surface area contributed by atoms with Gasteiger partial charge in [0, 0.05) is 0 Å². The maximum Gasteiger partial charge on any atom is 0.405 e. The highest BCUT2D eigenvalue weighted by Crippen LogP contribution is 2.20. The monoisotopic (exact) mass is 181 g/mol. The van der Waals surface area contributed by atoms with E-state index in [9.17, 15) is 4.79 Å². The fourth-order valence-electron chi connectivity index (χ4n) is 1.02. The molecule has 0 heterocycles. The largest absolute Gasteiger partial charge is 0.508 e. The molecule has 1 unspecified atom stereocenters. The number of benzene rings is 1. The van der Waals surface area contributed by atoms with Crippen LogP contribution in [0.4, 0.5) is 4.79 Å². The quantitative estimate of drug-likeness (QED) is 0.726. The van der Waals surface area contributed by atoms with Crippen LogP contribution >= 0.6 is 0 Å². The lowest BCUT2D eigenvalue weighted by Gasteiger charge is -2.11. The molecule has 0 aliphatic carbocycles. The van der Waals surface area contributed by atoms with Crippen LogP contribution in [0.5, 0.6) is 5.75 Å². The number of phenolic OH excluding ortho intramolecular Hbond substituents is 1. The van der Waals surface area contributed by atoms with E-state index < -0.39 is 12.2 Å². The minimum absolute atomic E-state index is 0.137. The number of aromatic hydroxyl groups is 1. The van der Waals surface area contributed by atoms with Crippen LogP contribution in [0.25, 0.3) is 0 Å². The van der Waals surface area contributed by atoms with E-state index in [-0.39, 0.29) is 5.75 Å². The lowest BCUT2D eigenvalue weighted by molar-refractivity contribution is 0.116. The molecule has 1 aromatic carbocycles. The first kappa shape index (κ1) is 9.38. The molecule has 0 fully saturated rings. The Bertz CT molecular complexity index is 311. The number of carbonyl (C=O) groups is 1. The molecule has 0 bridgehead atoms. The third kappa shape index (κ3) is 2.66. The second kappa shape index (κ2) is 3.80. The van der Waals surface area contributed by atoms with E-state index in [1.807, 2.05) is 0 Å². The van der Waals surface area contributed by atoms with E-state index in [2.05, 4.69) is 0 Å². The van der Waals surface area contributed by atoms with E-state index in [0.29, 0.717) is 5.56 Å². The maximum atomic E-state index is 10.4. The summed E-state index contributed by atoms with van der Waals surface area (Å²) in [4.78, 5) is 10.4. The number of hydrogen-bond acceptors (Lipinski definition) is 3. The van der Waals surface area contributed by atoms with Gasteiger partial charge < -0.3 is 15.6 Å². The molecule has 4 heteroatoms. The molecule has 0 aliphatic heterocycles. The second-order valence-electron chi connectivity index (χ2n) is 2.67. The lowest BCUT2D eigenvalue weighted by Crippen LogP contribution is -2.15. The van der Waals surface area contributed by atoms with Gasteiger partial charge in [0.2, 0.25) is 0 Å². The average Bonchev–Trinajstić information content (AvgIpc) is 2.03. The minimum atomic E-state index is -0.823. The molecule has 0 saturated heterocycles. The molecule has 1 atom stereocenters. The van der Waals surface area contributed by atoms with Gasteiger partial charge in [-0.2, -0.15) is 0 Å². The standard InChI is InChI=1S/C9H11NO3/c1-6(13-9(10)12)7-3-2-4-8(11)5-7/h2-6,11H,1H3,(H2,10,12). The molecule has 70 valence electrons. The predicted molar refractivity (Wildman–Crippen MR) is 47.2 cm³/mol. The third-order valence-corrected chi connectivity index (χ3v) is 1.63. The number of rotatable bonds is 2. The molecule has 0 radical (unpaired) electrons. The summed E-state index contributed by atoms with van der Waals surface area (Å²) in [7, 11) is 0. The summed E-state index contributed by atoms with van der Waals surface area (Å²) in [5.74, 6) is 0.137. The first-order valence-corrected chi connectivity index (χ1v) is 3.84. The summed E-state index contributed by atoms with van der Waals surface area (Å²) in [6.45, 7) is 1.68. The number of phenols is 1. The van der Waals surface area contributed by atoms with Crippen molar-refractivity contribution in [2.24, 2.45) is 5.73 Å². The zero-order valence-electron chi connectivity index (χ0n) is 7.23. The van der Waals surface area contributed by atoms with Crippen molar-refractivity contribution >= 4 is 6.09 Å². The number of amides is 1. The molecule has 0 aliphatic rings.